The molecule has 4 nitrogen and oxygen atoms in total. The third-order valence-electron chi connectivity index (χ3n) is 2.23. The van der Waals surface area contributed by atoms with Crippen molar-refractivity contribution in [1.29, 1.82) is 0 Å². The summed E-state index contributed by atoms with van der Waals surface area (Å²) < 4.78 is 4.25. The number of nitrogens with one attached hydrogen (secondary N) is 1. The number of hydrogen-bond donors (Lipinski definition) is 1. The fourth-order valence-corrected chi connectivity index (χ4v) is 1.53. The average molecular weight is 191 g/mol. The molecule has 4 heteroatoms. The molecule has 14 heavy (non-hydrogen) atoms. The van der Waals surface area contributed by atoms with E-state index in [0.717, 1.165) is 18.7 Å². The molecule has 0 bridgehead atoms. The second kappa shape index (κ2) is 3.59. The van der Waals surface area contributed by atoms with E-state index in [4.69, 9.17) is 0 Å². The van der Waals surface area contributed by atoms with Gasteiger partial charge in [-0.2, -0.15) is 0 Å². The molecule has 0 aromatic heterocycles. The Labute approximate surface area is 80.9 Å². The Bertz CT molecular complexity index is 387. The Hall–Kier alpha value is -1.68. The first-order valence-corrected chi connectivity index (χ1v) is 4.28. The third kappa shape index (κ3) is 1.52. The number of fused-ring (bicyclic) bond motifs is 1. The highest BCUT2D eigenvalue weighted by atomic mass is 16.6. The van der Waals surface area contributed by atoms with Gasteiger partial charge in [0.15, 0.2) is 0 Å². The molecular formula is C10H9NO3. The fourth-order valence-electron chi connectivity index (χ4n) is 1.53. The summed E-state index contributed by atoms with van der Waals surface area (Å²) in [6.07, 6.45) is 0. The lowest BCUT2D eigenvalue weighted by Crippen LogP contribution is -2.04. The summed E-state index contributed by atoms with van der Waals surface area (Å²) in [5.74, 6) is -0.602. The molecule has 1 heterocycles. The lowest BCUT2D eigenvalue weighted by Gasteiger charge is -2.00. The maximum atomic E-state index is 11.2. The van der Waals surface area contributed by atoms with Gasteiger partial charge in [0.05, 0.1) is 5.56 Å². The fraction of sp³-hybridized carbons (Fsp3) is 0.200. The minimum absolute atomic E-state index is 0.147. The minimum Gasteiger partial charge on any atom is -0.392 e. The summed E-state index contributed by atoms with van der Waals surface area (Å²) in [6, 6.07) is 5.29. The zero-order chi connectivity index (χ0) is 9.97. The normalized spacial score (nSPS) is 13.4. The van der Waals surface area contributed by atoms with Crippen LogP contribution in [0.5, 0.6) is 0 Å². The highest BCUT2D eigenvalue weighted by molar-refractivity contribution is 5.93. The van der Waals surface area contributed by atoms with Crippen molar-refractivity contribution in [3.05, 3.63) is 34.9 Å². The molecule has 0 saturated heterocycles. The molecule has 1 aliphatic rings. The van der Waals surface area contributed by atoms with Gasteiger partial charge in [-0.1, -0.05) is 6.07 Å². The summed E-state index contributed by atoms with van der Waals surface area (Å²) in [5, 5.41) is 3.16. The third-order valence-corrected chi connectivity index (χ3v) is 2.23. The predicted octanol–water partition coefficient (Wildman–Crippen LogP) is 0.603. The van der Waals surface area contributed by atoms with Gasteiger partial charge in [-0.3, -0.25) is 4.79 Å². The molecule has 1 aromatic carbocycles. The quantitative estimate of drug-likeness (QED) is 0.422. The van der Waals surface area contributed by atoms with Crippen molar-refractivity contribution in [3.8, 4) is 0 Å². The summed E-state index contributed by atoms with van der Waals surface area (Å²) >= 11 is 0. The Morgan fingerprint density at radius 2 is 2.14 bits per heavy atom. The first-order valence-electron chi connectivity index (χ1n) is 4.28. The van der Waals surface area contributed by atoms with Crippen LogP contribution in [0.15, 0.2) is 18.2 Å². The number of benzene rings is 1. The molecule has 0 atom stereocenters. The Morgan fingerprint density at radius 3 is 2.93 bits per heavy atom. The summed E-state index contributed by atoms with van der Waals surface area (Å²) in [4.78, 5) is 21.1. The number of esters is 1. The van der Waals surface area contributed by atoms with E-state index in [1.807, 2.05) is 6.07 Å². The zero-order valence-corrected chi connectivity index (χ0v) is 7.45. The summed E-state index contributed by atoms with van der Waals surface area (Å²) in [6.45, 7) is 1.74. The molecular weight excluding hydrogens is 182 g/mol. The van der Waals surface area contributed by atoms with Gasteiger partial charge in [0.25, 0.3) is 0 Å². The van der Waals surface area contributed by atoms with Crippen LogP contribution in [0.1, 0.15) is 21.5 Å². The highest BCUT2D eigenvalue weighted by Gasteiger charge is 2.13. The molecule has 0 amide bonds. The van der Waals surface area contributed by atoms with Crippen LogP contribution in [0.2, 0.25) is 0 Å². The molecule has 0 fully saturated rings. The van der Waals surface area contributed by atoms with Crippen molar-refractivity contribution >= 4 is 12.4 Å². The topological polar surface area (TPSA) is 55.4 Å². The maximum absolute atomic E-state index is 11.2. The molecule has 0 unspecified atom stereocenters. The van der Waals surface area contributed by atoms with Gasteiger partial charge in [0.2, 0.25) is 0 Å². The molecule has 0 radical (unpaired) electrons. The van der Waals surface area contributed by atoms with Crippen LogP contribution >= 0.6 is 0 Å². The number of carbonyl (C=O) groups is 2. The Morgan fingerprint density at radius 1 is 1.36 bits per heavy atom. The molecule has 0 saturated carbocycles. The number of hydrogen-bond acceptors (Lipinski definition) is 4. The number of carbonyl (C=O) groups excluding carboxylic acids is 2. The van der Waals surface area contributed by atoms with Crippen molar-refractivity contribution in [2.45, 2.75) is 13.1 Å². The highest BCUT2D eigenvalue weighted by Crippen LogP contribution is 2.17. The SMILES string of the molecule is O=COC(=O)c1ccc2c(c1)CNC2. The molecule has 0 spiro atoms. The molecule has 72 valence electrons. The van der Waals surface area contributed by atoms with Crippen LogP contribution in [-0.2, 0) is 22.6 Å². The maximum Gasteiger partial charge on any atom is 0.345 e. The smallest absolute Gasteiger partial charge is 0.345 e. The van der Waals surface area contributed by atoms with Gasteiger partial charge in [-0.15, -0.1) is 0 Å². The van der Waals surface area contributed by atoms with E-state index < -0.39 is 5.97 Å². The van der Waals surface area contributed by atoms with Crippen molar-refractivity contribution < 1.29 is 14.3 Å². The minimum atomic E-state index is -0.602. The van der Waals surface area contributed by atoms with E-state index in [9.17, 15) is 9.59 Å². The van der Waals surface area contributed by atoms with Crippen LogP contribution in [0.4, 0.5) is 0 Å². The standard InChI is InChI=1S/C10H9NO3/c12-6-14-10(13)7-1-2-8-4-11-5-9(8)3-7/h1-3,6,11H,4-5H2. The van der Waals surface area contributed by atoms with E-state index in [-0.39, 0.29) is 6.47 Å². The second-order valence-corrected chi connectivity index (χ2v) is 3.09. The largest absolute Gasteiger partial charge is 0.392 e. The van der Waals surface area contributed by atoms with E-state index >= 15 is 0 Å². The number of rotatable bonds is 2. The van der Waals surface area contributed by atoms with Crippen molar-refractivity contribution in [1.82, 2.24) is 5.32 Å². The summed E-state index contributed by atoms with van der Waals surface area (Å²) in [5.41, 5.74) is 2.69. The second-order valence-electron chi connectivity index (χ2n) is 3.09. The van der Waals surface area contributed by atoms with Crippen LogP contribution in [0.25, 0.3) is 0 Å². The molecule has 0 aliphatic carbocycles. The Kier molecular flexibility index (Phi) is 2.28. The molecule has 2 rings (SSSR count). The van der Waals surface area contributed by atoms with Gasteiger partial charge in [-0.25, -0.2) is 4.79 Å². The van der Waals surface area contributed by atoms with E-state index in [1.54, 1.807) is 12.1 Å². The van der Waals surface area contributed by atoms with Crippen molar-refractivity contribution in [2.24, 2.45) is 0 Å². The van der Waals surface area contributed by atoms with Crippen LogP contribution < -0.4 is 5.32 Å². The van der Waals surface area contributed by atoms with Crippen LogP contribution in [0, 0.1) is 0 Å². The van der Waals surface area contributed by atoms with E-state index in [2.05, 4.69) is 10.1 Å². The van der Waals surface area contributed by atoms with Gasteiger partial charge in [0, 0.05) is 13.1 Å². The first kappa shape index (κ1) is 8.90. The van der Waals surface area contributed by atoms with Crippen LogP contribution in [0.3, 0.4) is 0 Å². The van der Waals surface area contributed by atoms with E-state index in [1.165, 1.54) is 5.56 Å². The average Bonchev–Trinajstić information content (AvgIpc) is 2.64. The van der Waals surface area contributed by atoms with Gasteiger partial charge >= 0.3 is 12.4 Å². The monoisotopic (exact) mass is 191 g/mol. The lowest BCUT2D eigenvalue weighted by molar-refractivity contribution is -0.123. The first-order chi connectivity index (χ1) is 6.81. The van der Waals surface area contributed by atoms with Crippen molar-refractivity contribution in [2.75, 3.05) is 0 Å². The summed E-state index contributed by atoms with van der Waals surface area (Å²) in [7, 11) is 0. The van der Waals surface area contributed by atoms with Gasteiger partial charge in [-0.05, 0) is 23.3 Å². The number of ether oxygens (including phenoxy) is 1. The molecule has 1 aromatic rings. The van der Waals surface area contributed by atoms with Gasteiger partial charge in [0.1, 0.15) is 0 Å². The lowest BCUT2D eigenvalue weighted by atomic mass is 10.1. The molecule has 1 aliphatic heterocycles. The van der Waals surface area contributed by atoms with Crippen LogP contribution in [-0.4, -0.2) is 12.4 Å². The van der Waals surface area contributed by atoms with Crippen molar-refractivity contribution in [3.63, 3.8) is 0 Å². The predicted molar refractivity (Wildman–Crippen MR) is 48.5 cm³/mol. The van der Waals surface area contributed by atoms with E-state index in [0.29, 0.717) is 5.56 Å². The molecule has 1 N–H and O–H groups in total. The zero-order valence-electron chi connectivity index (χ0n) is 7.45. The Balaban J connectivity index is 2.28. The van der Waals surface area contributed by atoms with Gasteiger partial charge < -0.3 is 10.1 Å².